The molecule has 1 heterocycles. The molecule has 0 spiro atoms. The van der Waals surface area contributed by atoms with E-state index in [4.69, 9.17) is 11.0 Å². The van der Waals surface area contributed by atoms with Crippen molar-refractivity contribution in [3.05, 3.63) is 58.7 Å². The molecule has 2 aromatic carbocycles. The van der Waals surface area contributed by atoms with Gasteiger partial charge in [-0.05, 0) is 0 Å². The van der Waals surface area contributed by atoms with Crippen LogP contribution in [0.3, 0.4) is 0 Å². The van der Waals surface area contributed by atoms with Crippen LogP contribution in [0.1, 0.15) is 22.3 Å². The Kier molecular flexibility index (Phi) is 5.20. The summed E-state index contributed by atoms with van der Waals surface area (Å²) in [5.74, 6) is 0.626. The van der Waals surface area contributed by atoms with Gasteiger partial charge in [0.05, 0.1) is 0 Å². The second-order valence-electron chi connectivity index (χ2n) is 6.05. The molecule has 3 rings (SSSR count). The van der Waals surface area contributed by atoms with Crippen LogP contribution in [0, 0.1) is 32.1 Å². The zero-order valence-corrected chi connectivity index (χ0v) is 16.9. The monoisotopic (exact) mass is 406 g/mol. The van der Waals surface area contributed by atoms with E-state index in [0.29, 0.717) is 11.5 Å². The van der Waals surface area contributed by atoms with Crippen molar-refractivity contribution in [1.29, 1.82) is 5.26 Å². The Hall–Kier alpha value is -2.90. The summed E-state index contributed by atoms with van der Waals surface area (Å²) in [6.07, 6.45) is 0. The number of aryl methyl sites for hydroxylation is 3. The molecule has 1 aromatic heterocycles. The molecule has 0 saturated carbocycles. The van der Waals surface area contributed by atoms with E-state index in [1.165, 1.54) is 21.0 Å². The summed E-state index contributed by atoms with van der Waals surface area (Å²) in [6.45, 7) is 6.35. The van der Waals surface area contributed by atoms with Gasteiger partial charge in [-0.25, -0.2) is 0 Å². The Morgan fingerprint density at radius 2 is 1.65 bits per heavy atom. The number of nitriles is 1. The number of nitrogens with two attached hydrogens (primary N) is 1. The molecular weight excluding hydrogens is 387 g/mol. The third-order valence-electron chi connectivity index (χ3n) is 3.84. The first-order valence-corrected chi connectivity index (χ1v) is 10.2. The predicted molar refractivity (Wildman–Crippen MR) is 106 cm³/mol. The van der Waals surface area contributed by atoms with E-state index >= 15 is 0 Å². The van der Waals surface area contributed by atoms with Crippen molar-refractivity contribution in [2.45, 2.75) is 20.8 Å². The molecule has 3 N–H and O–H groups in total. The van der Waals surface area contributed by atoms with Crippen LogP contribution >= 0.6 is 0 Å². The molecule has 26 heavy (non-hydrogen) atoms. The molecule has 1 unspecified atom stereocenters. The van der Waals surface area contributed by atoms with Crippen LogP contribution in [-0.2, 0) is 0 Å². The summed E-state index contributed by atoms with van der Waals surface area (Å²) in [7, 11) is 0. The van der Waals surface area contributed by atoms with Gasteiger partial charge in [0.2, 0.25) is 0 Å². The molecule has 0 bridgehead atoms. The summed E-state index contributed by atoms with van der Waals surface area (Å²) in [5, 5.41) is 12.0. The molecule has 0 aliphatic carbocycles. The van der Waals surface area contributed by atoms with Crippen molar-refractivity contribution in [2.75, 3.05) is 11.1 Å². The van der Waals surface area contributed by atoms with Crippen LogP contribution in [0.2, 0.25) is 0 Å². The Morgan fingerprint density at radius 3 is 2.27 bits per heavy atom. The van der Waals surface area contributed by atoms with Gasteiger partial charge in [0.1, 0.15) is 0 Å². The first-order valence-electron chi connectivity index (χ1n) is 8.08. The number of nitrogen functional groups attached to an aromatic ring is 1. The van der Waals surface area contributed by atoms with E-state index in [1.807, 2.05) is 12.1 Å². The second-order valence-corrected chi connectivity index (χ2v) is 8.57. The number of hydrogen-bond donors (Lipinski definition) is 2. The molecule has 6 nitrogen and oxygen atoms in total. The average Bonchev–Trinajstić information content (AvgIpc) is 2.58. The fourth-order valence-corrected chi connectivity index (χ4v) is 5.05. The second kappa shape index (κ2) is 7.55. The first kappa shape index (κ1) is 17.9. The number of rotatable bonds is 4. The van der Waals surface area contributed by atoms with Crippen LogP contribution in [0.5, 0.6) is 0 Å². The molecule has 0 aliphatic rings. The van der Waals surface area contributed by atoms with Gasteiger partial charge in [0, 0.05) is 0 Å². The van der Waals surface area contributed by atoms with E-state index in [2.05, 4.69) is 59.2 Å². The Labute approximate surface area is 159 Å². The number of aromatic nitrogens is 3. The van der Waals surface area contributed by atoms with Crippen molar-refractivity contribution >= 4 is 42.3 Å². The summed E-state index contributed by atoms with van der Waals surface area (Å²) >= 11 is -0.729. The van der Waals surface area contributed by atoms with E-state index in [-0.39, 0.29) is 5.95 Å². The SMILES string of the molecule is Cc1cc(C)c([AsH]c2nc(N)nc(Nc3ccc(C#N)cc3)n2)c(C)c1. The molecule has 7 heteroatoms. The quantitative estimate of drug-likeness (QED) is 0.635. The van der Waals surface area contributed by atoms with E-state index in [1.54, 1.807) is 12.1 Å². The molecule has 0 saturated heterocycles. The molecule has 3 aromatic rings. The van der Waals surface area contributed by atoms with Gasteiger partial charge < -0.3 is 0 Å². The van der Waals surface area contributed by atoms with Gasteiger partial charge in [-0.2, -0.15) is 0 Å². The summed E-state index contributed by atoms with van der Waals surface area (Å²) in [5.41, 5.74) is 11.1. The Bertz CT molecular complexity index is 969. The normalized spacial score (nSPS) is 10.8. The Balaban J connectivity index is 1.87. The van der Waals surface area contributed by atoms with Crippen LogP contribution in [0.15, 0.2) is 36.4 Å². The molecule has 0 aliphatic heterocycles. The summed E-state index contributed by atoms with van der Waals surface area (Å²) < 4.78 is 2.06. The third kappa shape index (κ3) is 4.19. The molecule has 0 amide bonds. The van der Waals surface area contributed by atoms with Crippen molar-refractivity contribution in [1.82, 2.24) is 15.0 Å². The van der Waals surface area contributed by atoms with Crippen molar-refractivity contribution in [3.8, 4) is 6.07 Å². The minimum atomic E-state index is -0.729. The topological polar surface area (TPSA) is 101 Å². The van der Waals surface area contributed by atoms with Gasteiger partial charge in [0.15, 0.2) is 0 Å². The number of nitrogens with zero attached hydrogens (tertiary/aromatic N) is 4. The molecule has 1 atom stereocenters. The van der Waals surface area contributed by atoms with E-state index in [0.717, 1.165) is 10.3 Å². The van der Waals surface area contributed by atoms with E-state index in [9.17, 15) is 0 Å². The molecule has 0 radical (unpaired) electrons. The summed E-state index contributed by atoms with van der Waals surface area (Å²) in [4.78, 5) is 13.1. The van der Waals surface area contributed by atoms with Gasteiger partial charge in [-0.15, -0.1) is 0 Å². The maximum absolute atomic E-state index is 8.88. The van der Waals surface area contributed by atoms with Crippen molar-refractivity contribution < 1.29 is 0 Å². The average molecular weight is 406 g/mol. The molecular formula is C19H19AsN6. The summed E-state index contributed by atoms with van der Waals surface area (Å²) in [6, 6.07) is 13.6. The zero-order valence-electron chi connectivity index (χ0n) is 14.8. The van der Waals surface area contributed by atoms with Crippen LogP contribution in [-0.4, -0.2) is 30.7 Å². The van der Waals surface area contributed by atoms with Crippen LogP contribution in [0.25, 0.3) is 0 Å². The molecule has 0 fully saturated rings. The standard InChI is InChI=1S/C19H19AsN6/c1-11-8-12(2)16(13(3)9-11)20-17-24-18(22)26-19(25-17)23-15-6-4-14(10-21)5-7-15/h4-9,20H,1-3H3,(H3,22,23,24,25,26). The Morgan fingerprint density at radius 1 is 1.00 bits per heavy atom. The van der Waals surface area contributed by atoms with Crippen molar-refractivity contribution in [3.63, 3.8) is 0 Å². The zero-order chi connectivity index (χ0) is 18.7. The fraction of sp³-hybridized carbons (Fsp3) is 0.158. The number of nitrogens with one attached hydrogen (secondary N) is 1. The van der Waals surface area contributed by atoms with Crippen LogP contribution in [0.4, 0.5) is 17.6 Å². The first-order chi connectivity index (χ1) is 12.4. The minimum absolute atomic E-state index is 0.206. The van der Waals surface area contributed by atoms with E-state index < -0.39 is 15.8 Å². The van der Waals surface area contributed by atoms with Gasteiger partial charge in [0.25, 0.3) is 0 Å². The third-order valence-corrected chi connectivity index (χ3v) is 6.95. The predicted octanol–water partition coefficient (Wildman–Crippen LogP) is 1.38. The molecule has 130 valence electrons. The van der Waals surface area contributed by atoms with Crippen LogP contribution < -0.4 is 20.0 Å². The van der Waals surface area contributed by atoms with Crippen molar-refractivity contribution in [2.24, 2.45) is 0 Å². The van der Waals surface area contributed by atoms with Gasteiger partial charge in [-0.3, -0.25) is 0 Å². The van der Waals surface area contributed by atoms with Gasteiger partial charge in [-0.1, -0.05) is 0 Å². The number of hydrogen-bond acceptors (Lipinski definition) is 6. The number of benzene rings is 2. The maximum atomic E-state index is 8.88. The fourth-order valence-electron chi connectivity index (χ4n) is 2.75. The number of anilines is 3. The van der Waals surface area contributed by atoms with Gasteiger partial charge >= 0.3 is 159 Å².